The number of hydrogen-bond acceptors (Lipinski definition) is 4. The van der Waals surface area contributed by atoms with Crippen LogP contribution in [-0.2, 0) is 4.79 Å². The van der Waals surface area contributed by atoms with Crippen molar-refractivity contribution in [1.29, 1.82) is 0 Å². The molecular formula is C13H21N3O3. The van der Waals surface area contributed by atoms with Gasteiger partial charge in [-0.3, -0.25) is 9.59 Å². The van der Waals surface area contributed by atoms with Crippen LogP contribution in [0.1, 0.15) is 39.7 Å². The lowest BCUT2D eigenvalue weighted by molar-refractivity contribution is -0.138. The molecule has 0 aliphatic rings. The molecule has 0 aromatic carbocycles. The van der Waals surface area contributed by atoms with E-state index in [1.807, 2.05) is 20.8 Å². The number of anilines is 1. The lowest BCUT2D eigenvalue weighted by Gasteiger charge is -2.15. The zero-order valence-corrected chi connectivity index (χ0v) is 11.6. The molecule has 1 unspecified atom stereocenters. The van der Waals surface area contributed by atoms with E-state index < -0.39 is 5.97 Å². The Morgan fingerprint density at radius 1 is 1.53 bits per heavy atom. The Morgan fingerprint density at radius 2 is 2.21 bits per heavy atom. The van der Waals surface area contributed by atoms with Crippen molar-refractivity contribution in [3.8, 4) is 0 Å². The first kappa shape index (κ1) is 15.2. The highest BCUT2D eigenvalue weighted by molar-refractivity contribution is 5.67. The van der Waals surface area contributed by atoms with Gasteiger partial charge < -0.3 is 15.0 Å². The fourth-order valence-electron chi connectivity index (χ4n) is 1.80. The maximum atomic E-state index is 12.1. The van der Waals surface area contributed by atoms with Crippen molar-refractivity contribution in [2.45, 2.75) is 39.7 Å². The minimum Gasteiger partial charge on any atom is -0.481 e. The third kappa shape index (κ3) is 4.39. The second-order valence-corrected chi connectivity index (χ2v) is 4.84. The number of carboxylic acids is 1. The van der Waals surface area contributed by atoms with Gasteiger partial charge in [0.2, 0.25) is 0 Å². The summed E-state index contributed by atoms with van der Waals surface area (Å²) in [7, 11) is 0. The number of carboxylic acid groups (broad SMARTS) is 1. The van der Waals surface area contributed by atoms with E-state index in [9.17, 15) is 9.59 Å². The van der Waals surface area contributed by atoms with Gasteiger partial charge in [-0.1, -0.05) is 13.3 Å². The summed E-state index contributed by atoms with van der Waals surface area (Å²) in [6, 6.07) is 0.0667. The highest BCUT2D eigenvalue weighted by Crippen LogP contribution is 2.09. The molecule has 1 atom stereocenters. The van der Waals surface area contributed by atoms with E-state index in [-0.39, 0.29) is 29.8 Å². The average Bonchev–Trinajstić information content (AvgIpc) is 2.35. The molecule has 6 nitrogen and oxygen atoms in total. The Kier molecular flexibility index (Phi) is 5.54. The second-order valence-electron chi connectivity index (χ2n) is 4.84. The van der Waals surface area contributed by atoms with Gasteiger partial charge in [0.15, 0.2) is 5.82 Å². The smallest absolute Gasteiger partial charge is 0.303 e. The van der Waals surface area contributed by atoms with Crippen LogP contribution < -0.4 is 10.9 Å². The average molecular weight is 267 g/mol. The SMILES string of the molecule is CCC(CNc1nccn(C(C)C)c1=O)CC(=O)O. The lowest BCUT2D eigenvalue weighted by Crippen LogP contribution is -2.27. The molecule has 2 N–H and O–H groups in total. The molecule has 0 aliphatic heterocycles. The number of hydrogen-bond donors (Lipinski definition) is 2. The molecule has 1 heterocycles. The Balaban J connectivity index is 2.75. The third-order valence-corrected chi connectivity index (χ3v) is 3.02. The first-order chi connectivity index (χ1) is 8.95. The summed E-state index contributed by atoms with van der Waals surface area (Å²) < 4.78 is 1.59. The quantitative estimate of drug-likeness (QED) is 0.786. The molecule has 1 aromatic rings. The predicted octanol–water partition coefficient (Wildman–Crippen LogP) is 1.74. The minimum atomic E-state index is -0.825. The minimum absolute atomic E-state index is 0.00796. The monoisotopic (exact) mass is 267 g/mol. The molecule has 0 spiro atoms. The van der Waals surface area contributed by atoms with Gasteiger partial charge in [0, 0.05) is 31.4 Å². The standard InChI is InChI=1S/C13H21N3O3/c1-4-10(7-11(17)18)8-15-12-13(19)16(9(2)3)6-5-14-12/h5-6,9-10H,4,7-8H2,1-3H3,(H,14,15)(H,17,18). The van der Waals surface area contributed by atoms with Crippen LogP contribution in [0.3, 0.4) is 0 Å². The first-order valence-electron chi connectivity index (χ1n) is 6.48. The molecule has 0 aliphatic carbocycles. The lowest BCUT2D eigenvalue weighted by atomic mass is 10.0. The summed E-state index contributed by atoms with van der Waals surface area (Å²) in [6.45, 7) is 6.21. The van der Waals surface area contributed by atoms with Crippen molar-refractivity contribution in [2.24, 2.45) is 5.92 Å². The predicted molar refractivity (Wildman–Crippen MR) is 73.4 cm³/mol. The molecular weight excluding hydrogens is 246 g/mol. The molecule has 19 heavy (non-hydrogen) atoms. The zero-order valence-electron chi connectivity index (χ0n) is 11.6. The zero-order chi connectivity index (χ0) is 14.4. The van der Waals surface area contributed by atoms with Gasteiger partial charge in [-0.25, -0.2) is 4.98 Å². The normalized spacial score (nSPS) is 12.4. The van der Waals surface area contributed by atoms with Gasteiger partial charge in [-0.2, -0.15) is 0 Å². The second kappa shape index (κ2) is 6.92. The Bertz CT molecular complexity index is 482. The van der Waals surface area contributed by atoms with E-state index in [4.69, 9.17) is 5.11 Å². The van der Waals surface area contributed by atoms with E-state index in [2.05, 4.69) is 10.3 Å². The number of aromatic nitrogens is 2. The highest BCUT2D eigenvalue weighted by atomic mass is 16.4. The number of nitrogens with one attached hydrogen (secondary N) is 1. The summed E-state index contributed by atoms with van der Waals surface area (Å²) >= 11 is 0. The van der Waals surface area contributed by atoms with Crippen LogP contribution in [-0.4, -0.2) is 27.2 Å². The molecule has 0 saturated heterocycles. The van der Waals surface area contributed by atoms with Crippen molar-refractivity contribution in [3.63, 3.8) is 0 Å². The molecule has 106 valence electrons. The Labute approximate surface area is 112 Å². The van der Waals surface area contributed by atoms with Crippen molar-refractivity contribution >= 4 is 11.8 Å². The molecule has 0 radical (unpaired) electrons. The Hall–Kier alpha value is -1.85. The van der Waals surface area contributed by atoms with Crippen LogP contribution in [0.5, 0.6) is 0 Å². The number of carbonyl (C=O) groups is 1. The van der Waals surface area contributed by atoms with Gasteiger partial charge in [0.1, 0.15) is 0 Å². The summed E-state index contributed by atoms with van der Waals surface area (Å²) in [5, 5.41) is 11.7. The largest absolute Gasteiger partial charge is 0.481 e. The number of nitrogens with zero attached hydrogens (tertiary/aromatic N) is 2. The van der Waals surface area contributed by atoms with Crippen molar-refractivity contribution in [2.75, 3.05) is 11.9 Å². The molecule has 0 amide bonds. The molecule has 0 saturated carbocycles. The summed E-state index contributed by atoms with van der Waals surface area (Å²) in [5.74, 6) is -0.555. The fourth-order valence-corrected chi connectivity index (χ4v) is 1.80. The van der Waals surface area contributed by atoms with Crippen molar-refractivity contribution in [1.82, 2.24) is 9.55 Å². The fraction of sp³-hybridized carbons (Fsp3) is 0.615. The maximum Gasteiger partial charge on any atom is 0.303 e. The molecule has 1 rings (SSSR count). The molecule has 0 fully saturated rings. The summed E-state index contributed by atoms with van der Waals surface area (Å²) in [4.78, 5) is 26.8. The number of aliphatic carboxylic acids is 1. The van der Waals surface area contributed by atoms with Crippen LogP contribution in [0.15, 0.2) is 17.2 Å². The molecule has 1 aromatic heterocycles. The first-order valence-corrected chi connectivity index (χ1v) is 6.48. The Morgan fingerprint density at radius 3 is 2.74 bits per heavy atom. The molecule has 6 heteroatoms. The van der Waals surface area contributed by atoms with Gasteiger partial charge in [0.05, 0.1) is 0 Å². The summed E-state index contributed by atoms with van der Waals surface area (Å²) in [5.41, 5.74) is -0.178. The van der Waals surface area contributed by atoms with Gasteiger partial charge >= 0.3 is 5.97 Å². The van der Waals surface area contributed by atoms with Crippen molar-refractivity contribution in [3.05, 3.63) is 22.7 Å². The van der Waals surface area contributed by atoms with Crippen LogP contribution in [0.25, 0.3) is 0 Å². The van der Waals surface area contributed by atoms with E-state index in [0.29, 0.717) is 6.54 Å². The van der Waals surface area contributed by atoms with Gasteiger partial charge in [-0.05, 0) is 19.8 Å². The highest BCUT2D eigenvalue weighted by Gasteiger charge is 2.13. The summed E-state index contributed by atoms with van der Waals surface area (Å²) in [6.07, 6.45) is 4.05. The maximum absolute atomic E-state index is 12.1. The van der Waals surface area contributed by atoms with E-state index in [0.717, 1.165) is 6.42 Å². The van der Waals surface area contributed by atoms with E-state index in [1.165, 1.54) is 0 Å². The third-order valence-electron chi connectivity index (χ3n) is 3.02. The number of rotatable bonds is 7. The van der Waals surface area contributed by atoms with E-state index in [1.54, 1.807) is 17.0 Å². The van der Waals surface area contributed by atoms with Gasteiger partial charge in [0.25, 0.3) is 5.56 Å². The van der Waals surface area contributed by atoms with Crippen molar-refractivity contribution < 1.29 is 9.90 Å². The topological polar surface area (TPSA) is 84.2 Å². The van der Waals surface area contributed by atoms with Crippen LogP contribution in [0, 0.1) is 5.92 Å². The van der Waals surface area contributed by atoms with Crippen LogP contribution in [0.4, 0.5) is 5.82 Å². The van der Waals surface area contributed by atoms with Gasteiger partial charge in [-0.15, -0.1) is 0 Å². The van der Waals surface area contributed by atoms with E-state index >= 15 is 0 Å². The molecule has 0 bridgehead atoms. The van der Waals surface area contributed by atoms with Crippen LogP contribution >= 0.6 is 0 Å². The van der Waals surface area contributed by atoms with Crippen LogP contribution in [0.2, 0.25) is 0 Å².